The molecule has 1 saturated heterocycles. The number of benzene rings is 2. The highest BCUT2D eigenvalue weighted by Crippen LogP contribution is 2.23. The number of piperazine rings is 1. The number of carbonyl (C=O) groups is 2. The first-order chi connectivity index (χ1) is 13.0. The van der Waals surface area contributed by atoms with Gasteiger partial charge in [0, 0.05) is 51.3 Å². The third-order valence-electron chi connectivity index (χ3n) is 5.24. The number of hydrogen-bond acceptors (Lipinski definition) is 4. The molecule has 1 unspecified atom stereocenters. The van der Waals surface area contributed by atoms with Gasteiger partial charge in [0.05, 0.1) is 12.6 Å². The molecule has 1 heterocycles. The zero-order valence-corrected chi connectivity index (χ0v) is 16.3. The van der Waals surface area contributed by atoms with Crippen molar-refractivity contribution in [1.82, 2.24) is 14.7 Å². The van der Waals surface area contributed by atoms with Crippen LogP contribution < -0.4 is 5.32 Å². The van der Waals surface area contributed by atoms with Crippen molar-refractivity contribution >= 4 is 28.3 Å². The number of rotatable bonds is 5. The Morgan fingerprint density at radius 3 is 2.41 bits per heavy atom. The summed E-state index contributed by atoms with van der Waals surface area (Å²) in [5.41, 5.74) is 0.847. The Bertz CT molecular complexity index is 807. The number of nitrogens with zero attached hydrogens (tertiary/aromatic N) is 3. The summed E-state index contributed by atoms with van der Waals surface area (Å²) < 4.78 is 0. The Morgan fingerprint density at radius 1 is 1.04 bits per heavy atom. The lowest BCUT2D eigenvalue weighted by Gasteiger charge is -2.37. The molecule has 27 heavy (non-hydrogen) atoms. The Labute approximate surface area is 160 Å². The molecule has 0 aliphatic carbocycles. The molecule has 2 aromatic rings. The van der Waals surface area contributed by atoms with Crippen molar-refractivity contribution in [2.45, 2.75) is 13.0 Å². The lowest BCUT2D eigenvalue weighted by molar-refractivity contribution is -0.131. The first-order valence-corrected chi connectivity index (χ1v) is 9.41. The van der Waals surface area contributed by atoms with Crippen molar-refractivity contribution in [2.24, 2.45) is 0 Å². The third kappa shape index (κ3) is 4.64. The van der Waals surface area contributed by atoms with Crippen LogP contribution in [0.1, 0.15) is 6.92 Å². The van der Waals surface area contributed by atoms with Crippen molar-refractivity contribution in [3.63, 3.8) is 0 Å². The van der Waals surface area contributed by atoms with E-state index in [1.165, 1.54) is 0 Å². The van der Waals surface area contributed by atoms with Crippen molar-refractivity contribution in [2.75, 3.05) is 52.1 Å². The minimum Gasteiger partial charge on any atom is -0.348 e. The normalized spacial score (nSPS) is 16.9. The van der Waals surface area contributed by atoms with Gasteiger partial charge in [0.25, 0.3) is 0 Å². The number of anilines is 1. The third-order valence-corrected chi connectivity index (χ3v) is 5.24. The minimum atomic E-state index is -0.212. The predicted octanol–water partition coefficient (Wildman–Crippen LogP) is 1.87. The first-order valence-electron chi connectivity index (χ1n) is 9.41. The smallest absolute Gasteiger partial charge is 0.241 e. The highest BCUT2D eigenvalue weighted by atomic mass is 16.2. The maximum Gasteiger partial charge on any atom is 0.241 e. The van der Waals surface area contributed by atoms with Crippen LogP contribution in [0, 0.1) is 0 Å². The Hall–Kier alpha value is -2.44. The summed E-state index contributed by atoms with van der Waals surface area (Å²) >= 11 is 0. The second-order valence-electron chi connectivity index (χ2n) is 7.29. The van der Waals surface area contributed by atoms with Crippen molar-refractivity contribution in [1.29, 1.82) is 0 Å². The zero-order valence-electron chi connectivity index (χ0n) is 16.3. The van der Waals surface area contributed by atoms with E-state index >= 15 is 0 Å². The fourth-order valence-corrected chi connectivity index (χ4v) is 3.38. The van der Waals surface area contributed by atoms with Gasteiger partial charge in [-0.15, -0.1) is 0 Å². The summed E-state index contributed by atoms with van der Waals surface area (Å²) in [7, 11) is 3.55. The monoisotopic (exact) mass is 368 g/mol. The zero-order chi connectivity index (χ0) is 19.4. The Morgan fingerprint density at radius 2 is 1.70 bits per heavy atom. The number of amides is 2. The van der Waals surface area contributed by atoms with Gasteiger partial charge >= 0.3 is 0 Å². The van der Waals surface area contributed by atoms with E-state index < -0.39 is 0 Å². The molecule has 2 aromatic carbocycles. The summed E-state index contributed by atoms with van der Waals surface area (Å²) in [6, 6.07) is 13.8. The molecule has 1 fully saturated rings. The first kappa shape index (κ1) is 19.3. The minimum absolute atomic E-state index is 0.00386. The van der Waals surface area contributed by atoms with Gasteiger partial charge < -0.3 is 10.2 Å². The fraction of sp³-hybridized carbons (Fsp3) is 0.429. The van der Waals surface area contributed by atoms with Gasteiger partial charge in [-0.1, -0.05) is 36.4 Å². The van der Waals surface area contributed by atoms with Gasteiger partial charge in [-0.2, -0.15) is 0 Å². The van der Waals surface area contributed by atoms with Gasteiger partial charge in [-0.3, -0.25) is 19.4 Å². The molecule has 0 radical (unpaired) electrons. The van der Waals surface area contributed by atoms with Crippen LogP contribution in [0.25, 0.3) is 10.8 Å². The van der Waals surface area contributed by atoms with E-state index in [4.69, 9.17) is 0 Å². The second-order valence-corrected chi connectivity index (χ2v) is 7.29. The number of carbonyl (C=O) groups excluding carboxylic acids is 2. The lowest BCUT2D eigenvalue weighted by atomic mass is 10.1. The number of fused-ring (bicyclic) bond motifs is 1. The highest BCUT2D eigenvalue weighted by Gasteiger charge is 2.26. The molecule has 2 amide bonds. The van der Waals surface area contributed by atoms with Crippen molar-refractivity contribution in [3.05, 3.63) is 42.5 Å². The average Bonchev–Trinajstić information content (AvgIpc) is 2.68. The molecule has 6 nitrogen and oxygen atoms in total. The molecule has 0 saturated carbocycles. The van der Waals surface area contributed by atoms with E-state index in [0.29, 0.717) is 6.54 Å². The fourth-order valence-electron chi connectivity index (χ4n) is 3.38. The van der Waals surface area contributed by atoms with Gasteiger partial charge in [0.2, 0.25) is 11.8 Å². The van der Waals surface area contributed by atoms with E-state index in [0.717, 1.165) is 42.6 Å². The summed E-state index contributed by atoms with van der Waals surface area (Å²) in [5.74, 6) is 0.120. The van der Waals surface area contributed by atoms with Gasteiger partial charge in [-0.25, -0.2) is 0 Å². The quantitative estimate of drug-likeness (QED) is 0.875. The van der Waals surface area contributed by atoms with E-state index in [1.807, 2.05) is 49.4 Å². The molecular formula is C21H28N4O2. The van der Waals surface area contributed by atoms with E-state index in [1.54, 1.807) is 19.0 Å². The highest BCUT2D eigenvalue weighted by molar-refractivity contribution is 6.03. The molecular weight excluding hydrogens is 340 g/mol. The summed E-state index contributed by atoms with van der Waals surface area (Å²) in [4.78, 5) is 30.6. The van der Waals surface area contributed by atoms with Crippen molar-refractivity contribution < 1.29 is 9.59 Å². The molecule has 3 rings (SSSR count). The molecule has 1 N–H and O–H groups in total. The number of nitrogens with one attached hydrogen (secondary N) is 1. The Balaban J connectivity index is 1.57. The second kappa shape index (κ2) is 8.50. The van der Waals surface area contributed by atoms with Gasteiger partial charge in [0.15, 0.2) is 0 Å². The molecule has 6 heteroatoms. The molecule has 0 bridgehead atoms. The molecule has 0 aromatic heterocycles. The van der Waals surface area contributed by atoms with Crippen LogP contribution in [-0.4, -0.2) is 79.4 Å². The van der Waals surface area contributed by atoms with E-state index in [-0.39, 0.29) is 17.9 Å². The van der Waals surface area contributed by atoms with Crippen molar-refractivity contribution in [3.8, 4) is 0 Å². The number of hydrogen-bond donors (Lipinski definition) is 1. The average molecular weight is 368 g/mol. The summed E-state index contributed by atoms with van der Waals surface area (Å²) in [6.07, 6.45) is 0. The van der Waals surface area contributed by atoms with Crippen LogP contribution in [0.4, 0.5) is 5.69 Å². The standard InChI is InChI=1S/C21H28N4O2/c1-16(25-13-11-24(12-14-25)15-20(26)23(2)3)21(27)22-19-10-6-8-17-7-4-5-9-18(17)19/h4-10,16H,11-15H2,1-3H3,(H,22,27). The van der Waals surface area contributed by atoms with Gasteiger partial charge in [-0.05, 0) is 18.4 Å². The molecule has 1 atom stereocenters. The SMILES string of the molecule is CC(C(=O)Nc1cccc2ccccc12)N1CCN(CC(=O)N(C)C)CC1. The topological polar surface area (TPSA) is 55.9 Å². The molecule has 1 aliphatic rings. The van der Waals surface area contributed by atoms with Crippen LogP contribution >= 0.6 is 0 Å². The van der Waals surface area contributed by atoms with Crippen LogP contribution in [0.2, 0.25) is 0 Å². The van der Waals surface area contributed by atoms with E-state index in [9.17, 15) is 9.59 Å². The van der Waals surface area contributed by atoms with E-state index in [2.05, 4.69) is 15.1 Å². The molecule has 144 valence electrons. The maximum atomic E-state index is 12.8. The lowest BCUT2D eigenvalue weighted by Crippen LogP contribution is -2.54. The van der Waals surface area contributed by atoms with Crippen LogP contribution in [0.5, 0.6) is 0 Å². The Kier molecular flexibility index (Phi) is 6.08. The van der Waals surface area contributed by atoms with Crippen LogP contribution in [-0.2, 0) is 9.59 Å². The van der Waals surface area contributed by atoms with Crippen LogP contribution in [0.15, 0.2) is 42.5 Å². The van der Waals surface area contributed by atoms with Crippen LogP contribution in [0.3, 0.4) is 0 Å². The summed E-state index contributed by atoms with van der Waals surface area (Å²) in [5, 5.41) is 5.25. The molecule has 0 spiro atoms. The van der Waals surface area contributed by atoms with Gasteiger partial charge in [0.1, 0.15) is 0 Å². The maximum absolute atomic E-state index is 12.8. The molecule has 1 aliphatic heterocycles. The number of likely N-dealkylation sites (N-methyl/N-ethyl adjacent to an activating group) is 1. The largest absolute Gasteiger partial charge is 0.348 e. The summed E-state index contributed by atoms with van der Waals surface area (Å²) in [6.45, 7) is 5.55. The predicted molar refractivity (Wildman–Crippen MR) is 109 cm³/mol.